The van der Waals surface area contributed by atoms with Gasteiger partial charge in [-0.3, -0.25) is 9.48 Å². The molecule has 106 valence electrons. The highest BCUT2D eigenvalue weighted by Gasteiger charge is 2.22. The predicted octanol–water partition coefficient (Wildman–Crippen LogP) is 0.892. The smallest absolute Gasteiger partial charge is 0.222 e. The van der Waals surface area contributed by atoms with Gasteiger partial charge in [0, 0.05) is 38.9 Å². The molecule has 5 nitrogen and oxygen atoms in total. The molecule has 1 N–H and O–H groups in total. The molecule has 1 amide bonds. The Hall–Kier alpha value is -1.36. The Labute approximate surface area is 114 Å². The first-order valence-electron chi connectivity index (χ1n) is 6.98. The summed E-state index contributed by atoms with van der Waals surface area (Å²) in [6, 6.07) is 0. The first-order valence-corrected chi connectivity index (χ1v) is 6.98. The van der Waals surface area contributed by atoms with Crippen molar-refractivity contribution >= 4 is 5.91 Å². The molecule has 1 unspecified atom stereocenters. The Morgan fingerprint density at radius 3 is 3.00 bits per heavy atom. The van der Waals surface area contributed by atoms with Gasteiger partial charge in [0.05, 0.1) is 6.20 Å². The van der Waals surface area contributed by atoms with Crippen LogP contribution in [0.15, 0.2) is 6.20 Å². The Balaban J connectivity index is 1.85. The monoisotopic (exact) mass is 265 g/mol. The summed E-state index contributed by atoms with van der Waals surface area (Å²) in [5.41, 5.74) is 2.27. The molecule has 1 atom stereocenters. The Morgan fingerprint density at radius 2 is 2.37 bits per heavy atom. The minimum absolute atomic E-state index is 0.186. The molecule has 2 heterocycles. The zero-order valence-corrected chi connectivity index (χ0v) is 11.8. The molecule has 1 aromatic heterocycles. The molecule has 0 aliphatic carbocycles. The highest BCUT2D eigenvalue weighted by atomic mass is 16.3. The number of aromatic nitrogens is 2. The highest BCUT2D eigenvalue weighted by molar-refractivity contribution is 5.76. The van der Waals surface area contributed by atoms with Crippen molar-refractivity contribution in [3.63, 3.8) is 0 Å². The number of aliphatic hydroxyl groups excluding tert-OH is 1. The molecule has 2 rings (SSSR count). The minimum Gasteiger partial charge on any atom is -0.396 e. The fourth-order valence-corrected chi connectivity index (χ4v) is 2.63. The predicted molar refractivity (Wildman–Crippen MR) is 72.7 cm³/mol. The lowest BCUT2D eigenvalue weighted by atomic mass is 9.98. The summed E-state index contributed by atoms with van der Waals surface area (Å²) in [4.78, 5) is 14.1. The number of nitrogens with zero attached hydrogens (tertiary/aromatic N) is 3. The number of hydrogen-bond acceptors (Lipinski definition) is 3. The van der Waals surface area contributed by atoms with Gasteiger partial charge in [-0.15, -0.1) is 0 Å². The van der Waals surface area contributed by atoms with Crippen molar-refractivity contribution in [2.45, 2.75) is 32.6 Å². The van der Waals surface area contributed by atoms with Crippen LogP contribution >= 0.6 is 0 Å². The average Bonchev–Trinajstić information content (AvgIpc) is 2.76. The second-order valence-corrected chi connectivity index (χ2v) is 5.41. The zero-order valence-electron chi connectivity index (χ0n) is 11.8. The maximum Gasteiger partial charge on any atom is 0.222 e. The van der Waals surface area contributed by atoms with E-state index in [1.165, 1.54) is 0 Å². The van der Waals surface area contributed by atoms with Crippen LogP contribution in [0.4, 0.5) is 0 Å². The first-order chi connectivity index (χ1) is 9.11. The normalized spacial score (nSPS) is 19.7. The fraction of sp³-hybridized carbons (Fsp3) is 0.714. The average molecular weight is 265 g/mol. The SMILES string of the molecule is Cc1c(CCC(=O)N2CCCC(CO)C2)cnn1C. The van der Waals surface area contributed by atoms with Gasteiger partial charge in [0.1, 0.15) is 0 Å². The number of likely N-dealkylation sites (tertiary alicyclic amines) is 1. The van der Waals surface area contributed by atoms with Gasteiger partial charge in [0.25, 0.3) is 0 Å². The van der Waals surface area contributed by atoms with E-state index >= 15 is 0 Å². The van der Waals surface area contributed by atoms with Crippen LogP contribution in [0.3, 0.4) is 0 Å². The van der Waals surface area contributed by atoms with E-state index in [1.54, 1.807) is 0 Å². The van der Waals surface area contributed by atoms with E-state index in [0.717, 1.165) is 37.1 Å². The quantitative estimate of drug-likeness (QED) is 0.879. The molecular weight excluding hydrogens is 242 g/mol. The fourth-order valence-electron chi connectivity index (χ4n) is 2.63. The van der Waals surface area contributed by atoms with Crippen molar-refractivity contribution in [1.82, 2.24) is 14.7 Å². The lowest BCUT2D eigenvalue weighted by Gasteiger charge is -2.31. The highest BCUT2D eigenvalue weighted by Crippen LogP contribution is 2.17. The van der Waals surface area contributed by atoms with E-state index in [4.69, 9.17) is 0 Å². The number of aryl methyl sites for hydroxylation is 2. The maximum atomic E-state index is 12.2. The number of hydrogen-bond donors (Lipinski definition) is 1. The molecule has 1 aliphatic heterocycles. The third kappa shape index (κ3) is 3.35. The Kier molecular flexibility index (Phi) is 4.58. The standard InChI is InChI=1S/C14H23N3O2/c1-11-13(8-15-16(11)2)5-6-14(19)17-7-3-4-12(9-17)10-18/h8,12,18H,3-7,9-10H2,1-2H3. The molecule has 5 heteroatoms. The second-order valence-electron chi connectivity index (χ2n) is 5.41. The summed E-state index contributed by atoms with van der Waals surface area (Å²) in [5, 5.41) is 13.4. The van der Waals surface area contributed by atoms with Crippen LogP contribution in [0.5, 0.6) is 0 Å². The molecule has 0 bridgehead atoms. The molecular formula is C14H23N3O2. The molecule has 1 fully saturated rings. The van der Waals surface area contributed by atoms with Crippen molar-refractivity contribution in [3.8, 4) is 0 Å². The van der Waals surface area contributed by atoms with Crippen LogP contribution in [0.2, 0.25) is 0 Å². The number of piperidine rings is 1. The van der Waals surface area contributed by atoms with E-state index in [-0.39, 0.29) is 18.4 Å². The van der Waals surface area contributed by atoms with Gasteiger partial charge in [-0.2, -0.15) is 5.10 Å². The van der Waals surface area contributed by atoms with Crippen molar-refractivity contribution in [3.05, 3.63) is 17.5 Å². The second kappa shape index (κ2) is 6.19. The topological polar surface area (TPSA) is 58.4 Å². The van der Waals surface area contributed by atoms with E-state index in [9.17, 15) is 9.90 Å². The van der Waals surface area contributed by atoms with E-state index in [2.05, 4.69) is 5.10 Å². The molecule has 0 saturated carbocycles. The van der Waals surface area contributed by atoms with Crippen molar-refractivity contribution in [2.24, 2.45) is 13.0 Å². The number of aliphatic hydroxyl groups is 1. The molecule has 1 saturated heterocycles. The van der Waals surface area contributed by atoms with E-state index in [1.807, 2.05) is 29.7 Å². The number of amides is 1. The van der Waals surface area contributed by atoms with E-state index < -0.39 is 0 Å². The molecule has 0 spiro atoms. The lowest BCUT2D eigenvalue weighted by Crippen LogP contribution is -2.41. The summed E-state index contributed by atoms with van der Waals surface area (Å²) < 4.78 is 1.84. The van der Waals surface area contributed by atoms with Crippen molar-refractivity contribution in [2.75, 3.05) is 19.7 Å². The Morgan fingerprint density at radius 1 is 1.58 bits per heavy atom. The van der Waals surface area contributed by atoms with Crippen molar-refractivity contribution in [1.29, 1.82) is 0 Å². The molecule has 1 aliphatic rings. The molecule has 0 radical (unpaired) electrons. The van der Waals surface area contributed by atoms with Gasteiger partial charge in [-0.1, -0.05) is 0 Å². The number of carbonyl (C=O) groups is 1. The minimum atomic E-state index is 0.186. The zero-order chi connectivity index (χ0) is 13.8. The van der Waals surface area contributed by atoms with Gasteiger partial charge in [0.15, 0.2) is 0 Å². The van der Waals surface area contributed by atoms with Crippen LogP contribution in [0.25, 0.3) is 0 Å². The summed E-state index contributed by atoms with van der Waals surface area (Å²) in [5.74, 6) is 0.458. The maximum absolute atomic E-state index is 12.2. The number of rotatable bonds is 4. The lowest BCUT2D eigenvalue weighted by molar-refractivity contribution is -0.133. The molecule has 1 aromatic rings. The number of carbonyl (C=O) groups excluding carboxylic acids is 1. The summed E-state index contributed by atoms with van der Waals surface area (Å²) in [6.45, 7) is 3.75. The van der Waals surface area contributed by atoms with Crippen LogP contribution in [0.1, 0.15) is 30.5 Å². The third-order valence-electron chi connectivity index (χ3n) is 4.08. The van der Waals surface area contributed by atoms with Gasteiger partial charge in [0.2, 0.25) is 5.91 Å². The van der Waals surface area contributed by atoms with Gasteiger partial charge in [-0.25, -0.2) is 0 Å². The van der Waals surface area contributed by atoms with Crippen LogP contribution in [0, 0.1) is 12.8 Å². The van der Waals surface area contributed by atoms with Gasteiger partial charge < -0.3 is 10.0 Å². The van der Waals surface area contributed by atoms with Crippen LogP contribution in [-0.2, 0) is 18.3 Å². The van der Waals surface area contributed by atoms with Crippen molar-refractivity contribution < 1.29 is 9.90 Å². The van der Waals surface area contributed by atoms with Crippen LogP contribution < -0.4 is 0 Å². The largest absolute Gasteiger partial charge is 0.396 e. The van der Waals surface area contributed by atoms with Gasteiger partial charge in [-0.05, 0) is 37.7 Å². The first kappa shape index (κ1) is 14.1. The molecule has 19 heavy (non-hydrogen) atoms. The third-order valence-corrected chi connectivity index (χ3v) is 4.08. The Bertz CT molecular complexity index is 442. The van der Waals surface area contributed by atoms with Crippen LogP contribution in [-0.4, -0.2) is 45.4 Å². The molecule has 0 aromatic carbocycles. The summed E-state index contributed by atoms with van der Waals surface area (Å²) in [6.07, 6.45) is 5.16. The summed E-state index contributed by atoms with van der Waals surface area (Å²) >= 11 is 0. The van der Waals surface area contributed by atoms with Gasteiger partial charge >= 0.3 is 0 Å². The summed E-state index contributed by atoms with van der Waals surface area (Å²) in [7, 11) is 1.91. The van der Waals surface area contributed by atoms with E-state index in [0.29, 0.717) is 13.0 Å².